The van der Waals surface area contributed by atoms with Crippen molar-refractivity contribution in [2.45, 2.75) is 30.0 Å². The van der Waals surface area contributed by atoms with Crippen LogP contribution in [0.3, 0.4) is 0 Å². The van der Waals surface area contributed by atoms with Crippen molar-refractivity contribution >= 4 is 17.4 Å². The Morgan fingerprint density at radius 2 is 2.24 bits per heavy atom. The van der Waals surface area contributed by atoms with Gasteiger partial charge in [0.1, 0.15) is 5.03 Å². The predicted molar refractivity (Wildman–Crippen MR) is 69.5 cm³/mol. The van der Waals surface area contributed by atoms with E-state index in [9.17, 15) is 0 Å². The summed E-state index contributed by atoms with van der Waals surface area (Å²) in [6, 6.07) is 3.82. The molecule has 0 unspecified atom stereocenters. The average molecular weight is 254 g/mol. The second kappa shape index (κ2) is 6.12. The first-order valence-electron chi connectivity index (χ1n) is 5.93. The third kappa shape index (κ3) is 3.51. The molecule has 0 bridgehead atoms. The fraction of sp³-hybridized carbons (Fsp3) is 0.583. The van der Waals surface area contributed by atoms with Gasteiger partial charge in [0.25, 0.3) is 0 Å². The molecule has 1 fully saturated rings. The highest BCUT2D eigenvalue weighted by molar-refractivity contribution is 7.99. The molecule has 0 aliphatic carbocycles. The summed E-state index contributed by atoms with van der Waals surface area (Å²) in [6.07, 6.45) is 2.17. The van der Waals surface area contributed by atoms with Gasteiger partial charge in [-0.25, -0.2) is 4.98 Å². The van der Waals surface area contributed by atoms with Crippen LogP contribution in [-0.2, 0) is 4.74 Å². The van der Waals surface area contributed by atoms with Crippen molar-refractivity contribution < 1.29 is 9.47 Å². The summed E-state index contributed by atoms with van der Waals surface area (Å²) in [5.41, 5.74) is 6.39. The predicted octanol–water partition coefficient (Wildman–Crippen LogP) is 2.33. The molecular formula is C12H18N2O2S. The number of anilines is 1. The van der Waals surface area contributed by atoms with E-state index in [-0.39, 0.29) is 0 Å². The van der Waals surface area contributed by atoms with Crippen molar-refractivity contribution in [3.8, 4) is 5.88 Å². The Morgan fingerprint density at radius 1 is 1.47 bits per heavy atom. The lowest BCUT2D eigenvalue weighted by molar-refractivity contribution is 0.1000. The minimum Gasteiger partial charge on any atom is -0.476 e. The van der Waals surface area contributed by atoms with Crippen molar-refractivity contribution in [3.05, 3.63) is 12.1 Å². The monoisotopic (exact) mass is 254 g/mol. The van der Waals surface area contributed by atoms with E-state index >= 15 is 0 Å². The number of pyridine rings is 1. The summed E-state index contributed by atoms with van der Waals surface area (Å²) in [7, 11) is 0. The van der Waals surface area contributed by atoms with Crippen molar-refractivity contribution in [2.75, 3.05) is 25.6 Å². The molecule has 2 rings (SSSR count). The third-order valence-electron chi connectivity index (χ3n) is 2.60. The lowest BCUT2D eigenvalue weighted by Gasteiger charge is -2.21. The van der Waals surface area contributed by atoms with Crippen LogP contribution in [0.4, 0.5) is 5.69 Å². The summed E-state index contributed by atoms with van der Waals surface area (Å²) >= 11 is 1.79. The molecule has 2 N–H and O–H groups in total. The van der Waals surface area contributed by atoms with Gasteiger partial charge in [0.05, 0.1) is 12.3 Å². The highest BCUT2D eigenvalue weighted by Crippen LogP contribution is 2.31. The topological polar surface area (TPSA) is 57.4 Å². The molecule has 0 amide bonds. The second-order valence-corrected chi connectivity index (χ2v) is 5.23. The summed E-state index contributed by atoms with van der Waals surface area (Å²) in [5.74, 6) is 0.546. The zero-order chi connectivity index (χ0) is 12.1. The summed E-state index contributed by atoms with van der Waals surface area (Å²) < 4.78 is 10.7. The van der Waals surface area contributed by atoms with Gasteiger partial charge in [-0.15, -0.1) is 11.8 Å². The maximum absolute atomic E-state index is 5.79. The molecule has 1 saturated heterocycles. The van der Waals surface area contributed by atoms with Gasteiger partial charge in [-0.3, -0.25) is 0 Å². The highest BCUT2D eigenvalue weighted by atomic mass is 32.2. The Hall–Kier alpha value is -0.940. The van der Waals surface area contributed by atoms with E-state index in [2.05, 4.69) is 4.98 Å². The lowest BCUT2D eigenvalue weighted by Crippen LogP contribution is -2.17. The maximum atomic E-state index is 5.79. The van der Waals surface area contributed by atoms with Gasteiger partial charge in [-0.1, -0.05) is 0 Å². The SMILES string of the molecule is CCOc1nc(SC2CCOCC2)ccc1N. The molecule has 0 aromatic carbocycles. The Morgan fingerprint density at radius 3 is 2.94 bits per heavy atom. The van der Waals surface area contributed by atoms with Crippen molar-refractivity contribution in [3.63, 3.8) is 0 Å². The summed E-state index contributed by atoms with van der Waals surface area (Å²) in [4.78, 5) is 4.43. The number of ether oxygens (including phenoxy) is 2. The largest absolute Gasteiger partial charge is 0.476 e. The molecule has 0 saturated carbocycles. The molecule has 1 aliphatic rings. The Kier molecular flexibility index (Phi) is 4.50. The van der Waals surface area contributed by atoms with E-state index in [1.165, 1.54) is 0 Å². The zero-order valence-corrected chi connectivity index (χ0v) is 10.8. The minimum atomic E-state index is 0.546. The molecule has 1 aliphatic heterocycles. The van der Waals surface area contributed by atoms with Crippen LogP contribution in [0.25, 0.3) is 0 Å². The first-order valence-corrected chi connectivity index (χ1v) is 6.81. The first kappa shape index (κ1) is 12.5. The van der Waals surface area contributed by atoms with Gasteiger partial charge >= 0.3 is 0 Å². The molecular weight excluding hydrogens is 236 g/mol. The molecule has 17 heavy (non-hydrogen) atoms. The molecule has 4 nitrogen and oxygen atoms in total. The molecule has 5 heteroatoms. The van der Waals surface area contributed by atoms with Gasteiger partial charge in [-0.05, 0) is 31.9 Å². The molecule has 94 valence electrons. The number of hydrogen-bond acceptors (Lipinski definition) is 5. The van der Waals surface area contributed by atoms with Crippen LogP contribution < -0.4 is 10.5 Å². The fourth-order valence-electron chi connectivity index (χ4n) is 1.72. The average Bonchev–Trinajstić information content (AvgIpc) is 2.35. The van der Waals surface area contributed by atoms with Gasteiger partial charge in [0, 0.05) is 18.5 Å². The van der Waals surface area contributed by atoms with Crippen LogP contribution in [0.15, 0.2) is 17.2 Å². The summed E-state index contributed by atoms with van der Waals surface area (Å²) in [5, 5.41) is 1.57. The Balaban J connectivity index is 2.02. The molecule has 0 radical (unpaired) electrons. The smallest absolute Gasteiger partial charge is 0.238 e. The van der Waals surface area contributed by atoms with E-state index in [1.54, 1.807) is 11.8 Å². The van der Waals surface area contributed by atoms with E-state index in [4.69, 9.17) is 15.2 Å². The Labute approximate surface area is 106 Å². The second-order valence-electron chi connectivity index (χ2n) is 3.91. The van der Waals surface area contributed by atoms with Crippen LogP contribution in [0.5, 0.6) is 5.88 Å². The number of hydrogen-bond donors (Lipinski definition) is 1. The number of rotatable bonds is 4. The Bertz CT molecular complexity index is 368. The van der Waals surface area contributed by atoms with Gasteiger partial charge in [0.15, 0.2) is 0 Å². The normalized spacial score (nSPS) is 17.0. The van der Waals surface area contributed by atoms with Crippen molar-refractivity contribution in [1.29, 1.82) is 0 Å². The lowest BCUT2D eigenvalue weighted by atomic mass is 10.2. The number of nitrogens with two attached hydrogens (primary N) is 1. The van der Waals surface area contributed by atoms with E-state index in [0.29, 0.717) is 23.4 Å². The summed E-state index contributed by atoms with van der Waals surface area (Å²) in [6.45, 7) is 4.22. The fourth-order valence-corrected chi connectivity index (χ4v) is 2.77. The molecule has 0 spiro atoms. The number of thioether (sulfide) groups is 1. The van der Waals surface area contributed by atoms with Crippen LogP contribution in [0, 0.1) is 0 Å². The van der Waals surface area contributed by atoms with Crippen LogP contribution in [0.1, 0.15) is 19.8 Å². The van der Waals surface area contributed by atoms with Crippen LogP contribution >= 0.6 is 11.8 Å². The standard InChI is InChI=1S/C12H18N2O2S/c1-2-16-12-10(13)3-4-11(14-12)17-9-5-7-15-8-6-9/h3-4,9H,2,5-8,13H2,1H3. The minimum absolute atomic E-state index is 0.546. The van der Waals surface area contributed by atoms with E-state index in [0.717, 1.165) is 31.1 Å². The van der Waals surface area contributed by atoms with Crippen molar-refractivity contribution in [1.82, 2.24) is 4.98 Å². The van der Waals surface area contributed by atoms with Crippen LogP contribution in [-0.4, -0.2) is 30.1 Å². The van der Waals surface area contributed by atoms with Gasteiger partial charge < -0.3 is 15.2 Å². The van der Waals surface area contributed by atoms with Crippen LogP contribution in [0.2, 0.25) is 0 Å². The van der Waals surface area contributed by atoms with Gasteiger partial charge in [-0.2, -0.15) is 0 Å². The first-order chi connectivity index (χ1) is 8.29. The van der Waals surface area contributed by atoms with Gasteiger partial charge in [0.2, 0.25) is 5.88 Å². The molecule has 1 aromatic heterocycles. The number of nitrogens with zero attached hydrogens (tertiary/aromatic N) is 1. The van der Waals surface area contributed by atoms with E-state index in [1.807, 2.05) is 19.1 Å². The molecule has 1 aromatic rings. The van der Waals surface area contributed by atoms with Crippen molar-refractivity contribution in [2.24, 2.45) is 0 Å². The zero-order valence-electron chi connectivity index (χ0n) is 10.0. The highest BCUT2D eigenvalue weighted by Gasteiger charge is 2.16. The molecule has 2 heterocycles. The number of aromatic nitrogens is 1. The van der Waals surface area contributed by atoms with E-state index < -0.39 is 0 Å². The maximum Gasteiger partial charge on any atom is 0.238 e. The number of nitrogen functional groups attached to an aromatic ring is 1. The quantitative estimate of drug-likeness (QED) is 0.893. The molecule has 0 atom stereocenters. The third-order valence-corrected chi connectivity index (χ3v) is 3.87.